The molecule has 0 spiro atoms. The van der Waals surface area contributed by atoms with Gasteiger partial charge in [-0.1, -0.05) is 19.1 Å². The summed E-state index contributed by atoms with van der Waals surface area (Å²) in [5.74, 6) is 1.55. The van der Waals surface area contributed by atoms with Gasteiger partial charge in [-0.2, -0.15) is 0 Å². The number of benzene rings is 1. The van der Waals surface area contributed by atoms with Gasteiger partial charge in [-0.25, -0.2) is 9.97 Å². The summed E-state index contributed by atoms with van der Waals surface area (Å²) >= 11 is 0. The highest BCUT2D eigenvalue weighted by Crippen LogP contribution is 2.31. The van der Waals surface area contributed by atoms with Gasteiger partial charge in [0.1, 0.15) is 5.75 Å². The predicted molar refractivity (Wildman–Crippen MR) is 122 cm³/mol. The minimum absolute atomic E-state index is 0.0114. The molecule has 7 heteroatoms. The van der Waals surface area contributed by atoms with Crippen LogP contribution in [0.25, 0.3) is 0 Å². The van der Waals surface area contributed by atoms with Crippen LogP contribution in [0, 0.1) is 6.92 Å². The van der Waals surface area contributed by atoms with Gasteiger partial charge in [-0.05, 0) is 56.7 Å². The van der Waals surface area contributed by atoms with Gasteiger partial charge in [-0.15, -0.1) is 0 Å². The van der Waals surface area contributed by atoms with Gasteiger partial charge in [0.25, 0.3) is 5.91 Å². The first kappa shape index (κ1) is 22.2. The molecule has 2 saturated heterocycles. The molecule has 0 radical (unpaired) electrons. The zero-order valence-corrected chi connectivity index (χ0v) is 19.0. The molecule has 2 aliphatic heterocycles. The lowest BCUT2D eigenvalue weighted by Crippen LogP contribution is -2.33. The molecule has 4 rings (SSSR count). The number of carbonyl (C=O) groups is 2. The molecule has 2 amide bonds. The zero-order valence-electron chi connectivity index (χ0n) is 19.0. The molecule has 32 heavy (non-hydrogen) atoms. The smallest absolute Gasteiger partial charge is 0.257 e. The highest BCUT2D eigenvalue weighted by molar-refractivity contribution is 5.95. The quantitative estimate of drug-likeness (QED) is 0.661. The molecule has 170 valence electrons. The third-order valence-corrected chi connectivity index (χ3v) is 6.24. The molecule has 1 aromatic heterocycles. The van der Waals surface area contributed by atoms with E-state index in [4.69, 9.17) is 4.74 Å². The van der Waals surface area contributed by atoms with E-state index in [1.807, 2.05) is 41.0 Å². The van der Waals surface area contributed by atoms with Crippen LogP contribution in [0.3, 0.4) is 0 Å². The second-order valence-electron chi connectivity index (χ2n) is 8.64. The van der Waals surface area contributed by atoms with Gasteiger partial charge in [0.15, 0.2) is 5.82 Å². The summed E-state index contributed by atoms with van der Waals surface area (Å²) in [6.07, 6.45) is 6.83. The second-order valence-corrected chi connectivity index (χ2v) is 8.64. The van der Waals surface area contributed by atoms with Crippen molar-refractivity contribution in [3.8, 4) is 5.75 Å². The van der Waals surface area contributed by atoms with Gasteiger partial charge < -0.3 is 14.5 Å². The van der Waals surface area contributed by atoms with Crippen LogP contribution in [0.15, 0.2) is 30.5 Å². The first-order valence-corrected chi connectivity index (χ1v) is 11.7. The Morgan fingerprint density at radius 3 is 2.53 bits per heavy atom. The van der Waals surface area contributed by atoms with Crippen molar-refractivity contribution in [2.24, 2.45) is 0 Å². The van der Waals surface area contributed by atoms with E-state index >= 15 is 0 Å². The molecule has 2 aromatic rings. The summed E-state index contributed by atoms with van der Waals surface area (Å²) < 4.78 is 5.62. The zero-order chi connectivity index (χ0) is 22.5. The van der Waals surface area contributed by atoms with Crippen LogP contribution in [0.4, 0.5) is 0 Å². The Morgan fingerprint density at radius 2 is 1.84 bits per heavy atom. The van der Waals surface area contributed by atoms with Gasteiger partial charge >= 0.3 is 0 Å². The number of hydrogen-bond donors (Lipinski definition) is 0. The number of amides is 2. The fraction of sp³-hybridized carbons (Fsp3) is 0.520. The lowest BCUT2D eigenvalue weighted by molar-refractivity contribution is -0.131. The molecular formula is C25H32N4O3. The number of likely N-dealkylation sites (tertiary alicyclic amines) is 2. The van der Waals surface area contributed by atoms with Crippen LogP contribution in [0.5, 0.6) is 5.75 Å². The van der Waals surface area contributed by atoms with Crippen LogP contribution in [0.1, 0.15) is 72.5 Å². The Hall–Kier alpha value is -2.96. The van der Waals surface area contributed by atoms with Gasteiger partial charge in [0.2, 0.25) is 5.91 Å². The number of carbonyl (C=O) groups excluding carboxylic acids is 2. The summed E-state index contributed by atoms with van der Waals surface area (Å²) in [4.78, 5) is 38.7. The third kappa shape index (κ3) is 4.92. The first-order chi connectivity index (χ1) is 15.6. The lowest BCUT2D eigenvalue weighted by atomic mass is 10.1. The third-order valence-electron chi connectivity index (χ3n) is 6.24. The Bertz CT molecular complexity index is 954. The molecule has 2 aliphatic rings. The summed E-state index contributed by atoms with van der Waals surface area (Å²) in [6.45, 7) is 6.93. The van der Waals surface area contributed by atoms with Crippen molar-refractivity contribution in [1.29, 1.82) is 0 Å². The molecule has 2 fully saturated rings. The van der Waals surface area contributed by atoms with Crippen molar-refractivity contribution < 1.29 is 14.3 Å². The topological polar surface area (TPSA) is 75.6 Å². The Morgan fingerprint density at radius 1 is 1.09 bits per heavy atom. The van der Waals surface area contributed by atoms with Crippen LogP contribution >= 0.6 is 0 Å². The van der Waals surface area contributed by atoms with Crippen molar-refractivity contribution in [2.45, 2.75) is 58.4 Å². The summed E-state index contributed by atoms with van der Waals surface area (Å²) in [6, 6.07) is 7.61. The first-order valence-electron chi connectivity index (χ1n) is 11.7. The fourth-order valence-corrected chi connectivity index (χ4v) is 4.48. The molecule has 0 N–H and O–H groups in total. The van der Waals surface area contributed by atoms with Crippen molar-refractivity contribution >= 4 is 11.8 Å². The molecular weight excluding hydrogens is 404 g/mol. The largest absolute Gasteiger partial charge is 0.494 e. The Labute approximate surface area is 189 Å². The fourth-order valence-electron chi connectivity index (χ4n) is 4.48. The maximum absolute atomic E-state index is 13.1. The predicted octanol–water partition coefficient (Wildman–Crippen LogP) is 3.72. The average molecular weight is 437 g/mol. The minimum atomic E-state index is -0.135. The van der Waals surface area contributed by atoms with E-state index in [-0.39, 0.29) is 17.9 Å². The van der Waals surface area contributed by atoms with Crippen molar-refractivity contribution in [3.05, 3.63) is 53.1 Å². The van der Waals surface area contributed by atoms with Gasteiger partial charge in [0.05, 0.1) is 30.3 Å². The standard InChI is InChI=1S/C25H32N4O3/c1-3-15-32-20-10-8-19(9-11-20)16-23(30)29-14-6-7-22(29)24-26-17-21(18(2)27-24)25(31)28-12-4-5-13-28/h8-11,17,22H,3-7,12-16H2,1-2H3. The molecule has 7 nitrogen and oxygen atoms in total. The van der Waals surface area contributed by atoms with Gasteiger partial charge in [-0.3, -0.25) is 9.59 Å². The van der Waals surface area contributed by atoms with E-state index in [9.17, 15) is 9.59 Å². The van der Waals surface area contributed by atoms with Crippen LogP contribution in [0.2, 0.25) is 0 Å². The maximum atomic E-state index is 13.1. The van der Waals surface area contributed by atoms with E-state index in [0.717, 1.165) is 56.5 Å². The van der Waals surface area contributed by atoms with E-state index in [2.05, 4.69) is 16.9 Å². The number of aryl methyl sites for hydroxylation is 1. The van der Waals surface area contributed by atoms with Crippen LogP contribution in [-0.2, 0) is 11.2 Å². The second kappa shape index (κ2) is 10.1. The van der Waals surface area contributed by atoms with E-state index in [0.29, 0.717) is 36.7 Å². The molecule has 3 heterocycles. The van der Waals surface area contributed by atoms with Gasteiger partial charge in [0, 0.05) is 25.8 Å². The highest BCUT2D eigenvalue weighted by Gasteiger charge is 2.32. The van der Waals surface area contributed by atoms with E-state index in [1.165, 1.54) is 0 Å². The molecule has 1 atom stereocenters. The van der Waals surface area contributed by atoms with E-state index < -0.39 is 0 Å². The van der Waals surface area contributed by atoms with Crippen molar-refractivity contribution in [2.75, 3.05) is 26.2 Å². The molecule has 0 aliphatic carbocycles. The maximum Gasteiger partial charge on any atom is 0.257 e. The monoisotopic (exact) mass is 436 g/mol. The number of aromatic nitrogens is 2. The summed E-state index contributed by atoms with van der Waals surface area (Å²) in [5.41, 5.74) is 2.22. The Balaban J connectivity index is 1.43. The van der Waals surface area contributed by atoms with E-state index in [1.54, 1.807) is 6.20 Å². The number of ether oxygens (including phenoxy) is 1. The van der Waals surface area contributed by atoms with Crippen LogP contribution < -0.4 is 4.74 Å². The normalized spacial score (nSPS) is 18.2. The Kier molecular flexibility index (Phi) is 7.02. The molecule has 0 saturated carbocycles. The SMILES string of the molecule is CCCOc1ccc(CC(=O)N2CCCC2c2ncc(C(=O)N3CCCC3)c(C)n2)cc1. The van der Waals surface area contributed by atoms with Crippen molar-refractivity contribution in [3.63, 3.8) is 0 Å². The summed E-state index contributed by atoms with van der Waals surface area (Å²) in [7, 11) is 0. The molecule has 1 unspecified atom stereocenters. The minimum Gasteiger partial charge on any atom is -0.494 e. The number of nitrogens with zero attached hydrogens (tertiary/aromatic N) is 4. The average Bonchev–Trinajstić information content (AvgIpc) is 3.50. The lowest BCUT2D eigenvalue weighted by Gasteiger charge is -2.24. The highest BCUT2D eigenvalue weighted by atomic mass is 16.5. The number of rotatable bonds is 7. The molecule has 0 bridgehead atoms. The van der Waals surface area contributed by atoms with Crippen molar-refractivity contribution in [1.82, 2.24) is 19.8 Å². The number of hydrogen-bond acceptors (Lipinski definition) is 5. The summed E-state index contributed by atoms with van der Waals surface area (Å²) in [5, 5.41) is 0. The van der Waals surface area contributed by atoms with Crippen LogP contribution in [-0.4, -0.2) is 57.8 Å². The molecule has 1 aromatic carbocycles.